The number of Topliss-reactive ketones (excluding diaryl/α,β-unsaturated/α-hetero) is 1. The predicted octanol–water partition coefficient (Wildman–Crippen LogP) is 7.16. The average Bonchev–Trinajstić information content (AvgIpc) is 2.85. The molecule has 0 aliphatic heterocycles. The van der Waals surface area contributed by atoms with E-state index in [1.807, 2.05) is 27.7 Å². The molecule has 0 fully saturated rings. The third kappa shape index (κ3) is 5.18. The SMILES string of the molecule is CC(=O)O.CC(=O)c1cc(O)c(C(C)C)c2cc(C)c(-c3c(C)cc4c(C(C)C)c(O)c(O)c(C=O)c4c3O)c(O)c12. The number of carbonyl (C=O) groups is 3. The second-order valence-corrected chi connectivity index (χ2v) is 11.1. The van der Waals surface area contributed by atoms with E-state index in [2.05, 4.69) is 0 Å². The molecule has 0 unspecified atom stereocenters. The van der Waals surface area contributed by atoms with Crippen LogP contribution in [0.3, 0.4) is 0 Å². The Morgan fingerprint density at radius 1 is 0.690 bits per heavy atom. The van der Waals surface area contributed by atoms with Crippen LogP contribution in [0.4, 0.5) is 0 Å². The molecule has 0 aromatic heterocycles. The first-order valence-electron chi connectivity index (χ1n) is 13.4. The van der Waals surface area contributed by atoms with Crippen molar-refractivity contribution in [3.8, 4) is 39.9 Å². The van der Waals surface area contributed by atoms with Gasteiger partial charge in [0.2, 0.25) is 0 Å². The molecule has 4 rings (SSSR count). The van der Waals surface area contributed by atoms with Crippen LogP contribution in [0.1, 0.15) is 96.3 Å². The standard InChI is InChI=1S/C31H32O7.C2H4O2/c1-12(2)22-18-8-14(5)24(29(36)26(18)17(16(7)33)10-21(22)34)25-15(6)9-19-23(13(3)4)31(38)28(35)20(11-32)27(19)30(25)37;1-2(3)4/h8-13,34-38H,1-7H3;1H3,(H,3,4). The minimum Gasteiger partial charge on any atom is -0.508 e. The smallest absolute Gasteiger partial charge is 0.300 e. The second kappa shape index (κ2) is 11.6. The van der Waals surface area contributed by atoms with E-state index in [0.717, 1.165) is 6.92 Å². The van der Waals surface area contributed by atoms with Crippen molar-refractivity contribution in [3.63, 3.8) is 0 Å². The van der Waals surface area contributed by atoms with E-state index in [1.54, 1.807) is 26.0 Å². The summed E-state index contributed by atoms with van der Waals surface area (Å²) < 4.78 is 0. The van der Waals surface area contributed by atoms with Crippen molar-refractivity contribution in [1.82, 2.24) is 0 Å². The number of carbonyl (C=O) groups excluding carboxylic acids is 2. The van der Waals surface area contributed by atoms with E-state index >= 15 is 0 Å². The summed E-state index contributed by atoms with van der Waals surface area (Å²) in [6, 6.07) is 4.83. The van der Waals surface area contributed by atoms with E-state index in [9.17, 15) is 35.1 Å². The van der Waals surface area contributed by atoms with E-state index in [0.29, 0.717) is 39.3 Å². The number of phenols is 5. The third-order valence-corrected chi connectivity index (χ3v) is 7.31. The summed E-state index contributed by atoms with van der Waals surface area (Å²) in [7, 11) is 0. The number of carboxylic acid groups (broad SMARTS) is 1. The van der Waals surface area contributed by atoms with Crippen molar-refractivity contribution in [2.75, 3.05) is 0 Å². The monoisotopic (exact) mass is 576 g/mol. The van der Waals surface area contributed by atoms with Crippen molar-refractivity contribution < 1.29 is 45.0 Å². The number of ketones is 1. The molecule has 0 bridgehead atoms. The Bertz CT molecular complexity index is 1780. The summed E-state index contributed by atoms with van der Waals surface area (Å²) in [5.74, 6) is -3.22. The van der Waals surface area contributed by atoms with Crippen LogP contribution in [0.25, 0.3) is 32.7 Å². The molecule has 4 aromatic carbocycles. The molecular formula is C33H36O9. The molecule has 222 valence electrons. The number of rotatable bonds is 5. The van der Waals surface area contributed by atoms with Crippen LogP contribution in [-0.4, -0.2) is 48.7 Å². The quantitative estimate of drug-likeness (QED) is 0.0818. The summed E-state index contributed by atoms with van der Waals surface area (Å²) in [6.07, 6.45) is 0.374. The van der Waals surface area contributed by atoms with Gasteiger partial charge in [0, 0.05) is 45.5 Å². The van der Waals surface area contributed by atoms with E-state index < -0.39 is 17.5 Å². The van der Waals surface area contributed by atoms with Gasteiger partial charge in [-0.1, -0.05) is 39.8 Å². The maximum absolute atomic E-state index is 12.6. The van der Waals surface area contributed by atoms with Gasteiger partial charge in [-0.15, -0.1) is 0 Å². The molecular weight excluding hydrogens is 540 g/mol. The molecule has 9 nitrogen and oxygen atoms in total. The van der Waals surface area contributed by atoms with Crippen LogP contribution in [0.5, 0.6) is 28.7 Å². The van der Waals surface area contributed by atoms with Gasteiger partial charge in [-0.05, 0) is 60.6 Å². The lowest BCUT2D eigenvalue weighted by Crippen LogP contribution is -2.02. The first kappa shape index (κ1) is 31.7. The number of aldehydes is 1. The fraction of sp³-hybridized carbons (Fsp3) is 0.303. The molecule has 9 heteroatoms. The molecule has 0 radical (unpaired) electrons. The first-order valence-corrected chi connectivity index (χ1v) is 13.4. The summed E-state index contributed by atoms with van der Waals surface area (Å²) in [6.45, 7) is 13.3. The highest BCUT2D eigenvalue weighted by Crippen LogP contribution is 2.53. The molecule has 0 amide bonds. The largest absolute Gasteiger partial charge is 0.508 e. The van der Waals surface area contributed by atoms with Crippen LogP contribution in [0.15, 0.2) is 18.2 Å². The lowest BCUT2D eigenvalue weighted by molar-refractivity contribution is -0.134. The second-order valence-electron chi connectivity index (χ2n) is 11.1. The number of aryl methyl sites for hydroxylation is 2. The van der Waals surface area contributed by atoms with Crippen molar-refractivity contribution in [1.29, 1.82) is 0 Å². The average molecular weight is 577 g/mol. The number of hydrogen-bond donors (Lipinski definition) is 6. The van der Waals surface area contributed by atoms with Crippen LogP contribution >= 0.6 is 0 Å². The molecule has 42 heavy (non-hydrogen) atoms. The lowest BCUT2D eigenvalue weighted by Gasteiger charge is -2.23. The van der Waals surface area contributed by atoms with E-state index in [-0.39, 0.29) is 67.9 Å². The minimum atomic E-state index is -0.833. The number of hydrogen-bond acceptors (Lipinski definition) is 8. The number of benzene rings is 4. The topological polar surface area (TPSA) is 173 Å². The van der Waals surface area contributed by atoms with E-state index in [4.69, 9.17) is 9.90 Å². The number of aliphatic carboxylic acids is 1. The molecule has 0 heterocycles. The Balaban J connectivity index is 0.00000114. The first-order chi connectivity index (χ1) is 19.5. The number of phenolic OH excluding ortho intramolecular Hbond substituents is 5. The number of carboxylic acids is 1. The zero-order valence-electron chi connectivity index (χ0n) is 24.9. The maximum Gasteiger partial charge on any atom is 0.300 e. The Hall–Kier alpha value is -4.79. The molecule has 0 aliphatic carbocycles. The highest BCUT2D eigenvalue weighted by atomic mass is 16.4. The summed E-state index contributed by atoms with van der Waals surface area (Å²) in [4.78, 5) is 33.6. The van der Waals surface area contributed by atoms with Crippen LogP contribution < -0.4 is 0 Å². The van der Waals surface area contributed by atoms with Gasteiger partial charge in [-0.25, -0.2) is 0 Å². The van der Waals surface area contributed by atoms with Gasteiger partial charge in [-0.2, -0.15) is 0 Å². The Morgan fingerprint density at radius 3 is 1.52 bits per heavy atom. The molecule has 0 atom stereocenters. The summed E-state index contributed by atoms with van der Waals surface area (Å²) in [5.41, 5.74) is 2.42. The zero-order chi connectivity index (χ0) is 32.0. The Labute approximate surface area is 243 Å². The van der Waals surface area contributed by atoms with Crippen molar-refractivity contribution in [2.45, 2.75) is 67.2 Å². The Kier molecular flexibility index (Phi) is 8.76. The van der Waals surface area contributed by atoms with Gasteiger partial charge in [0.25, 0.3) is 5.97 Å². The van der Waals surface area contributed by atoms with Crippen molar-refractivity contribution in [3.05, 3.63) is 51.6 Å². The van der Waals surface area contributed by atoms with Crippen LogP contribution in [-0.2, 0) is 4.79 Å². The fourth-order valence-electron chi connectivity index (χ4n) is 5.71. The predicted molar refractivity (Wildman–Crippen MR) is 162 cm³/mol. The highest BCUT2D eigenvalue weighted by molar-refractivity contribution is 6.15. The van der Waals surface area contributed by atoms with Gasteiger partial charge in [0.05, 0.1) is 5.56 Å². The lowest BCUT2D eigenvalue weighted by atomic mass is 9.83. The van der Waals surface area contributed by atoms with Crippen molar-refractivity contribution >= 4 is 39.6 Å². The number of aromatic hydroxyl groups is 5. The van der Waals surface area contributed by atoms with Crippen LogP contribution in [0, 0.1) is 13.8 Å². The van der Waals surface area contributed by atoms with Gasteiger partial charge in [-0.3, -0.25) is 14.4 Å². The third-order valence-electron chi connectivity index (χ3n) is 7.31. The molecule has 0 saturated carbocycles. The maximum atomic E-state index is 12.6. The van der Waals surface area contributed by atoms with Gasteiger partial charge in [0.1, 0.15) is 17.2 Å². The van der Waals surface area contributed by atoms with Crippen molar-refractivity contribution in [2.24, 2.45) is 0 Å². The van der Waals surface area contributed by atoms with Gasteiger partial charge in [0.15, 0.2) is 23.6 Å². The minimum absolute atomic E-state index is 0.0406. The summed E-state index contributed by atoms with van der Waals surface area (Å²) in [5, 5.41) is 64.0. The molecule has 0 saturated heterocycles. The van der Waals surface area contributed by atoms with Gasteiger partial charge < -0.3 is 30.6 Å². The van der Waals surface area contributed by atoms with Gasteiger partial charge >= 0.3 is 0 Å². The normalized spacial score (nSPS) is 11.2. The molecule has 0 spiro atoms. The molecule has 6 N–H and O–H groups in total. The Morgan fingerprint density at radius 2 is 1.12 bits per heavy atom. The summed E-state index contributed by atoms with van der Waals surface area (Å²) >= 11 is 0. The number of fused-ring (bicyclic) bond motifs is 2. The molecule has 4 aromatic rings. The van der Waals surface area contributed by atoms with Crippen LogP contribution in [0.2, 0.25) is 0 Å². The van der Waals surface area contributed by atoms with E-state index in [1.165, 1.54) is 13.0 Å². The molecule has 0 aliphatic rings. The fourth-order valence-corrected chi connectivity index (χ4v) is 5.71. The highest BCUT2D eigenvalue weighted by Gasteiger charge is 2.29. The zero-order valence-corrected chi connectivity index (χ0v) is 24.9.